The molecule has 4 nitrogen and oxygen atoms in total. The molecule has 19 heavy (non-hydrogen) atoms. The number of anilines is 1. The highest BCUT2D eigenvalue weighted by atomic mass is 79.9. The van der Waals surface area contributed by atoms with Crippen LogP contribution in [-0.4, -0.2) is 14.8 Å². The van der Waals surface area contributed by atoms with E-state index in [9.17, 15) is 0 Å². The molecule has 3 aromatic rings. The van der Waals surface area contributed by atoms with E-state index in [4.69, 9.17) is 5.73 Å². The standard InChI is InChI=1S/C13H11BrN4S/c1-18-13(15)11(8-4-2-3-5-9(8)14)12(17-18)10-6-16-7-19-10/h2-7H,15H2,1H3. The molecule has 0 aliphatic heterocycles. The molecule has 3 rings (SSSR count). The molecule has 0 fully saturated rings. The third kappa shape index (κ3) is 2.06. The molecule has 0 aliphatic carbocycles. The predicted molar refractivity (Wildman–Crippen MR) is 81.9 cm³/mol. The van der Waals surface area contributed by atoms with Crippen LogP contribution in [0.3, 0.4) is 0 Å². The Morgan fingerprint density at radius 2 is 2.11 bits per heavy atom. The fraction of sp³-hybridized carbons (Fsp3) is 0.0769. The van der Waals surface area contributed by atoms with Crippen LogP contribution in [0.4, 0.5) is 5.82 Å². The van der Waals surface area contributed by atoms with Gasteiger partial charge in [0.15, 0.2) is 0 Å². The minimum Gasteiger partial charge on any atom is -0.383 e. The number of hydrogen-bond acceptors (Lipinski definition) is 4. The maximum absolute atomic E-state index is 6.17. The highest BCUT2D eigenvalue weighted by Gasteiger charge is 2.19. The summed E-state index contributed by atoms with van der Waals surface area (Å²) in [6, 6.07) is 8.00. The molecule has 96 valence electrons. The summed E-state index contributed by atoms with van der Waals surface area (Å²) in [6.45, 7) is 0. The van der Waals surface area contributed by atoms with E-state index in [1.807, 2.05) is 37.5 Å². The highest BCUT2D eigenvalue weighted by Crippen LogP contribution is 2.40. The lowest BCUT2D eigenvalue weighted by Crippen LogP contribution is -1.98. The second-order valence-electron chi connectivity index (χ2n) is 4.08. The number of thiazole rings is 1. The molecule has 0 saturated carbocycles. The molecule has 0 bridgehead atoms. The third-order valence-electron chi connectivity index (χ3n) is 2.90. The minimum absolute atomic E-state index is 0.648. The van der Waals surface area contributed by atoms with Crippen LogP contribution >= 0.6 is 27.3 Å². The first-order valence-corrected chi connectivity index (χ1v) is 7.32. The Hall–Kier alpha value is -1.66. The minimum atomic E-state index is 0.648. The highest BCUT2D eigenvalue weighted by molar-refractivity contribution is 9.10. The zero-order chi connectivity index (χ0) is 13.4. The third-order valence-corrected chi connectivity index (χ3v) is 4.37. The summed E-state index contributed by atoms with van der Waals surface area (Å²) in [7, 11) is 1.85. The first-order valence-electron chi connectivity index (χ1n) is 5.64. The van der Waals surface area contributed by atoms with E-state index in [1.165, 1.54) is 0 Å². The molecule has 2 heterocycles. The molecular weight excluding hydrogens is 324 g/mol. The second kappa shape index (κ2) is 4.79. The monoisotopic (exact) mass is 334 g/mol. The Labute approximate surface area is 123 Å². The van der Waals surface area contributed by atoms with Crippen molar-refractivity contribution in [3.05, 3.63) is 40.4 Å². The van der Waals surface area contributed by atoms with Gasteiger partial charge in [-0.15, -0.1) is 11.3 Å². The largest absolute Gasteiger partial charge is 0.383 e. The average Bonchev–Trinajstić information content (AvgIpc) is 3.01. The summed E-state index contributed by atoms with van der Waals surface area (Å²) in [6.07, 6.45) is 1.81. The van der Waals surface area contributed by atoms with E-state index in [1.54, 1.807) is 21.5 Å². The van der Waals surface area contributed by atoms with E-state index in [0.717, 1.165) is 26.2 Å². The summed E-state index contributed by atoms with van der Waals surface area (Å²) in [5.41, 5.74) is 10.8. The van der Waals surface area contributed by atoms with Gasteiger partial charge in [0.1, 0.15) is 11.5 Å². The van der Waals surface area contributed by atoms with Gasteiger partial charge in [-0.25, -0.2) is 0 Å². The molecule has 0 amide bonds. The molecule has 0 saturated heterocycles. The molecular formula is C13H11BrN4S. The first kappa shape index (κ1) is 12.4. The van der Waals surface area contributed by atoms with Gasteiger partial charge in [-0.2, -0.15) is 5.10 Å². The number of nitrogens with two attached hydrogens (primary N) is 1. The molecule has 0 aliphatic rings. The van der Waals surface area contributed by atoms with Crippen LogP contribution in [0, 0.1) is 0 Å². The Morgan fingerprint density at radius 1 is 1.32 bits per heavy atom. The smallest absolute Gasteiger partial charge is 0.129 e. The second-order valence-corrected chi connectivity index (χ2v) is 5.82. The van der Waals surface area contributed by atoms with Crippen LogP contribution in [0.1, 0.15) is 0 Å². The summed E-state index contributed by atoms with van der Waals surface area (Å²) in [5, 5.41) is 4.51. The molecule has 0 radical (unpaired) electrons. The quantitative estimate of drug-likeness (QED) is 0.779. The number of aryl methyl sites for hydroxylation is 1. The topological polar surface area (TPSA) is 56.7 Å². The number of halogens is 1. The van der Waals surface area contributed by atoms with Gasteiger partial charge in [-0.1, -0.05) is 34.1 Å². The predicted octanol–water partition coefficient (Wildman–Crippen LogP) is 3.56. The Bertz CT molecular complexity index is 718. The van der Waals surface area contributed by atoms with Crippen molar-refractivity contribution in [2.45, 2.75) is 0 Å². The van der Waals surface area contributed by atoms with E-state index in [0.29, 0.717) is 5.82 Å². The summed E-state index contributed by atoms with van der Waals surface area (Å²) in [5.74, 6) is 0.648. The van der Waals surface area contributed by atoms with Crippen LogP contribution in [0.2, 0.25) is 0 Å². The normalized spacial score (nSPS) is 10.8. The van der Waals surface area contributed by atoms with Crippen LogP contribution in [0.15, 0.2) is 40.4 Å². The fourth-order valence-corrected chi connectivity index (χ4v) is 3.07. The van der Waals surface area contributed by atoms with E-state index in [2.05, 4.69) is 26.0 Å². The van der Waals surface area contributed by atoms with Crippen molar-refractivity contribution in [3.63, 3.8) is 0 Å². The van der Waals surface area contributed by atoms with Gasteiger partial charge in [-0.05, 0) is 6.07 Å². The van der Waals surface area contributed by atoms with Crippen molar-refractivity contribution in [1.29, 1.82) is 0 Å². The zero-order valence-electron chi connectivity index (χ0n) is 10.2. The van der Waals surface area contributed by atoms with Crippen molar-refractivity contribution in [2.75, 3.05) is 5.73 Å². The summed E-state index contributed by atoms with van der Waals surface area (Å²) in [4.78, 5) is 5.12. The number of hydrogen-bond donors (Lipinski definition) is 1. The van der Waals surface area contributed by atoms with Crippen LogP contribution in [0.25, 0.3) is 21.7 Å². The van der Waals surface area contributed by atoms with Gasteiger partial charge >= 0.3 is 0 Å². The molecule has 0 atom stereocenters. The molecule has 0 spiro atoms. The molecule has 2 aromatic heterocycles. The number of nitrogens with zero attached hydrogens (tertiary/aromatic N) is 3. The summed E-state index contributed by atoms with van der Waals surface area (Å²) < 4.78 is 2.70. The molecule has 0 unspecified atom stereocenters. The Balaban J connectivity index is 2.29. The maximum atomic E-state index is 6.17. The van der Waals surface area contributed by atoms with Gasteiger partial charge in [0, 0.05) is 23.3 Å². The van der Waals surface area contributed by atoms with E-state index >= 15 is 0 Å². The lowest BCUT2D eigenvalue weighted by Gasteiger charge is -2.05. The number of rotatable bonds is 2. The SMILES string of the molecule is Cn1nc(-c2cncs2)c(-c2ccccc2Br)c1N. The molecule has 1 aromatic carbocycles. The number of aromatic nitrogens is 3. The van der Waals surface area contributed by atoms with Crippen molar-refractivity contribution < 1.29 is 0 Å². The average molecular weight is 335 g/mol. The van der Waals surface area contributed by atoms with Crippen LogP contribution in [-0.2, 0) is 7.05 Å². The van der Waals surface area contributed by atoms with Crippen molar-refractivity contribution in [1.82, 2.24) is 14.8 Å². The van der Waals surface area contributed by atoms with Gasteiger partial charge in [0.25, 0.3) is 0 Å². The molecule has 6 heteroatoms. The molecule has 2 N–H and O–H groups in total. The van der Waals surface area contributed by atoms with Crippen molar-refractivity contribution in [2.24, 2.45) is 7.05 Å². The van der Waals surface area contributed by atoms with Gasteiger partial charge < -0.3 is 5.73 Å². The van der Waals surface area contributed by atoms with Gasteiger partial charge in [0.05, 0.1) is 16.0 Å². The van der Waals surface area contributed by atoms with Crippen LogP contribution in [0.5, 0.6) is 0 Å². The van der Waals surface area contributed by atoms with Gasteiger partial charge in [-0.3, -0.25) is 9.67 Å². The zero-order valence-corrected chi connectivity index (χ0v) is 12.6. The van der Waals surface area contributed by atoms with Crippen LogP contribution < -0.4 is 5.73 Å². The van der Waals surface area contributed by atoms with Crippen molar-refractivity contribution in [3.8, 4) is 21.7 Å². The lowest BCUT2D eigenvalue weighted by molar-refractivity contribution is 0.783. The van der Waals surface area contributed by atoms with Crippen molar-refractivity contribution >= 4 is 33.1 Å². The summed E-state index contributed by atoms with van der Waals surface area (Å²) >= 11 is 5.12. The van der Waals surface area contributed by atoms with E-state index < -0.39 is 0 Å². The van der Waals surface area contributed by atoms with Gasteiger partial charge in [0.2, 0.25) is 0 Å². The fourth-order valence-electron chi connectivity index (χ4n) is 1.97. The number of nitrogen functional groups attached to an aromatic ring is 1. The Morgan fingerprint density at radius 3 is 2.79 bits per heavy atom. The lowest BCUT2D eigenvalue weighted by atomic mass is 10.1. The van der Waals surface area contributed by atoms with E-state index in [-0.39, 0.29) is 0 Å². The maximum Gasteiger partial charge on any atom is 0.129 e. The number of benzene rings is 1. The first-order chi connectivity index (χ1) is 9.18. The Kier molecular flexibility index (Phi) is 3.12.